The van der Waals surface area contributed by atoms with Gasteiger partial charge in [-0.05, 0) is 54.1 Å². The van der Waals surface area contributed by atoms with E-state index in [1.54, 1.807) is 36.4 Å². The average Bonchev–Trinajstić information content (AvgIpc) is 2.68. The molecule has 6 heteroatoms. The Kier molecular flexibility index (Phi) is 5.69. The van der Waals surface area contributed by atoms with Crippen LogP contribution in [0.25, 0.3) is 0 Å². The molecule has 0 aromatic heterocycles. The minimum atomic E-state index is -0.615. The summed E-state index contributed by atoms with van der Waals surface area (Å²) in [7, 11) is 0. The van der Waals surface area contributed by atoms with Gasteiger partial charge in [-0.25, -0.2) is 4.79 Å². The average molecular weight is 361 g/mol. The van der Waals surface area contributed by atoms with Crippen molar-refractivity contribution in [1.29, 1.82) is 0 Å². The van der Waals surface area contributed by atoms with Gasteiger partial charge in [-0.3, -0.25) is 4.79 Å². The highest BCUT2D eigenvalue weighted by atomic mass is 16.5. The SMILES string of the molecule is NC(=O)Nc1ccc(CNC(=O)c2ccc(Oc3ccccc3)cc2)cc1. The monoisotopic (exact) mass is 361 g/mol. The Balaban J connectivity index is 1.54. The van der Waals surface area contributed by atoms with Gasteiger partial charge in [0.2, 0.25) is 0 Å². The van der Waals surface area contributed by atoms with Gasteiger partial charge in [0, 0.05) is 17.8 Å². The number of rotatable bonds is 6. The Morgan fingerprint density at radius 1 is 0.815 bits per heavy atom. The maximum atomic E-state index is 12.3. The maximum absolute atomic E-state index is 12.3. The lowest BCUT2D eigenvalue weighted by atomic mass is 10.1. The van der Waals surface area contributed by atoms with Crippen molar-refractivity contribution in [3.63, 3.8) is 0 Å². The van der Waals surface area contributed by atoms with Crippen LogP contribution in [0.4, 0.5) is 10.5 Å². The highest BCUT2D eigenvalue weighted by Gasteiger charge is 2.06. The van der Waals surface area contributed by atoms with Crippen molar-refractivity contribution in [1.82, 2.24) is 5.32 Å². The quantitative estimate of drug-likeness (QED) is 0.621. The lowest BCUT2D eigenvalue weighted by molar-refractivity contribution is 0.0951. The van der Waals surface area contributed by atoms with E-state index in [0.717, 1.165) is 11.3 Å². The van der Waals surface area contributed by atoms with Crippen LogP contribution >= 0.6 is 0 Å². The van der Waals surface area contributed by atoms with Crippen molar-refractivity contribution in [2.24, 2.45) is 5.73 Å². The van der Waals surface area contributed by atoms with E-state index in [0.29, 0.717) is 23.5 Å². The molecule has 0 saturated carbocycles. The molecule has 3 aromatic rings. The molecule has 0 atom stereocenters. The Morgan fingerprint density at radius 3 is 2.07 bits per heavy atom. The Bertz CT molecular complexity index is 908. The topological polar surface area (TPSA) is 93.5 Å². The van der Waals surface area contributed by atoms with E-state index in [2.05, 4.69) is 10.6 Å². The number of hydrogen-bond acceptors (Lipinski definition) is 3. The fourth-order valence-corrected chi connectivity index (χ4v) is 2.43. The van der Waals surface area contributed by atoms with E-state index in [9.17, 15) is 9.59 Å². The molecule has 0 heterocycles. The Labute approximate surface area is 157 Å². The number of nitrogens with two attached hydrogens (primary N) is 1. The molecule has 0 spiro atoms. The van der Waals surface area contributed by atoms with Crippen molar-refractivity contribution in [3.05, 3.63) is 90.0 Å². The van der Waals surface area contributed by atoms with Crippen LogP contribution in [0.5, 0.6) is 11.5 Å². The number of anilines is 1. The van der Waals surface area contributed by atoms with Gasteiger partial charge in [-0.2, -0.15) is 0 Å². The van der Waals surface area contributed by atoms with Crippen LogP contribution in [0.1, 0.15) is 15.9 Å². The van der Waals surface area contributed by atoms with Crippen LogP contribution in [-0.4, -0.2) is 11.9 Å². The van der Waals surface area contributed by atoms with Crippen molar-refractivity contribution in [2.45, 2.75) is 6.54 Å². The molecule has 3 aromatic carbocycles. The van der Waals surface area contributed by atoms with E-state index >= 15 is 0 Å². The van der Waals surface area contributed by atoms with E-state index in [4.69, 9.17) is 10.5 Å². The fraction of sp³-hybridized carbons (Fsp3) is 0.0476. The largest absolute Gasteiger partial charge is 0.457 e. The summed E-state index contributed by atoms with van der Waals surface area (Å²) in [6, 6.07) is 22.8. The smallest absolute Gasteiger partial charge is 0.316 e. The molecule has 0 aliphatic heterocycles. The predicted octanol–water partition coefficient (Wildman–Crippen LogP) is 3.90. The first kappa shape index (κ1) is 18.0. The summed E-state index contributed by atoms with van der Waals surface area (Å²) in [5, 5.41) is 5.34. The van der Waals surface area contributed by atoms with Crippen LogP contribution in [0.2, 0.25) is 0 Å². The number of carbonyl (C=O) groups is 2. The number of primary amides is 1. The number of para-hydroxylation sites is 1. The predicted molar refractivity (Wildman–Crippen MR) is 104 cm³/mol. The van der Waals surface area contributed by atoms with Crippen LogP contribution in [0.15, 0.2) is 78.9 Å². The van der Waals surface area contributed by atoms with Crippen LogP contribution < -0.4 is 21.1 Å². The summed E-state index contributed by atoms with van der Waals surface area (Å²) in [6.07, 6.45) is 0. The molecule has 0 radical (unpaired) electrons. The lowest BCUT2D eigenvalue weighted by Crippen LogP contribution is -2.22. The molecule has 0 unspecified atom stereocenters. The molecule has 6 nitrogen and oxygen atoms in total. The lowest BCUT2D eigenvalue weighted by Gasteiger charge is -2.08. The third kappa shape index (κ3) is 5.34. The minimum Gasteiger partial charge on any atom is -0.457 e. The number of ether oxygens (including phenoxy) is 1. The van der Waals surface area contributed by atoms with Gasteiger partial charge in [0.1, 0.15) is 11.5 Å². The van der Waals surface area contributed by atoms with Gasteiger partial charge in [0.25, 0.3) is 5.91 Å². The van der Waals surface area contributed by atoms with Crippen LogP contribution in [-0.2, 0) is 6.54 Å². The molecular formula is C21H19N3O3. The van der Waals surface area contributed by atoms with Gasteiger partial charge < -0.3 is 21.1 Å². The summed E-state index contributed by atoms with van der Waals surface area (Å²) < 4.78 is 5.71. The van der Waals surface area contributed by atoms with E-state index < -0.39 is 6.03 Å². The first-order valence-corrected chi connectivity index (χ1v) is 8.37. The molecule has 3 amide bonds. The van der Waals surface area contributed by atoms with Crippen LogP contribution in [0, 0.1) is 0 Å². The summed E-state index contributed by atoms with van der Waals surface area (Å²) in [5.41, 5.74) is 7.12. The zero-order chi connectivity index (χ0) is 19.1. The molecule has 0 aliphatic rings. The zero-order valence-electron chi connectivity index (χ0n) is 14.5. The molecule has 27 heavy (non-hydrogen) atoms. The fourth-order valence-electron chi connectivity index (χ4n) is 2.43. The molecule has 0 saturated heterocycles. The number of amides is 3. The zero-order valence-corrected chi connectivity index (χ0v) is 14.5. The number of urea groups is 1. The van der Waals surface area contributed by atoms with Crippen molar-refractivity contribution in [3.8, 4) is 11.5 Å². The van der Waals surface area contributed by atoms with Gasteiger partial charge in [0.15, 0.2) is 0 Å². The molecular weight excluding hydrogens is 342 g/mol. The Morgan fingerprint density at radius 2 is 1.44 bits per heavy atom. The standard InChI is InChI=1S/C21H19N3O3/c22-21(26)24-17-10-6-15(7-11-17)14-23-20(25)16-8-12-19(13-9-16)27-18-4-2-1-3-5-18/h1-13H,14H2,(H,23,25)(H3,22,24,26). The minimum absolute atomic E-state index is 0.180. The van der Waals surface area contributed by atoms with E-state index in [1.807, 2.05) is 42.5 Å². The second-order valence-corrected chi connectivity index (χ2v) is 5.81. The number of nitrogens with one attached hydrogen (secondary N) is 2. The van der Waals surface area contributed by atoms with Crippen molar-refractivity contribution < 1.29 is 14.3 Å². The highest BCUT2D eigenvalue weighted by molar-refractivity contribution is 5.94. The normalized spacial score (nSPS) is 10.1. The van der Waals surface area contributed by atoms with Crippen LogP contribution in [0.3, 0.4) is 0 Å². The second-order valence-electron chi connectivity index (χ2n) is 5.81. The molecule has 4 N–H and O–H groups in total. The second kappa shape index (κ2) is 8.53. The third-order valence-corrected chi connectivity index (χ3v) is 3.77. The molecule has 0 fully saturated rings. The van der Waals surface area contributed by atoms with Crippen molar-refractivity contribution >= 4 is 17.6 Å². The van der Waals surface area contributed by atoms with Gasteiger partial charge in [-0.1, -0.05) is 30.3 Å². The third-order valence-electron chi connectivity index (χ3n) is 3.77. The number of benzene rings is 3. The first-order chi connectivity index (χ1) is 13.1. The highest BCUT2D eigenvalue weighted by Crippen LogP contribution is 2.21. The number of carbonyl (C=O) groups excluding carboxylic acids is 2. The van der Waals surface area contributed by atoms with E-state index in [1.165, 1.54) is 0 Å². The summed E-state index contributed by atoms with van der Waals surface area (Å²) in [5.74, 6) is 1.22. The first-order valence-electron chi connectivity index (χ1n) is 8.37. The summed E-state index contributed by atoms with van der Waals surface area (Å²) in [4.78, 5) is 23.1. The molecule has 0 aliphatic carbocycles. The summed E-state index contributed by atoms with van der Waals surface area (Å²) >= 11 is 0. The summed E-state index contributed by atoms with van der Waals surface area (Å²) in [6.45, 7) is 0.373. The van der Waals surface area contributed by atoms with Gasteiger partial charge in [0.05, 0.1) is 0 Å². The van der Waals surface area contributed by atoms with E-state index in [-0.39, 0.29) is 5.91 Å². The molecule has 3 rings (SSSR count). The number of hydrogen-bond donors (Lipinski definition) is 3. The maximum Gasteiger partial charge on any atom is 0.316 e. The van der Waals surface area contributed by atoms with Gasteiger partial charge in [-0.15, -0.1) is 0 Å². The van der Waals surface area contributed by atoms with Gasteiger partial charge >= 0.3 is 6.03 Å². The molecule has 0 bridgehead atoms. The molecule has 136 valence electrons. The Hall–Kier alpha value is -3.80. The van der Waals surface area contributed by atoms with Crippen molar-refractivity contribution in [2.75, 3.05) is 5.32 Å².